The first-order chi connectivity index (χ1) is 9.97. The van der Waals surface area contributed by atoms with Crippen LogP contribution in [0.2, 0.25) is 5.02 Å². The summed E-state index contributed by atoms with van der Waals surface area (Å²) in [5.41, 5.74) is 1.16. The van der Waals surface area contributed by atoms with E-state index in [0.29, 0.717) is 12.2 Å². The molecule has 7 heteroatoms. The number of benzene rings is 1. The number of hydrogen-bond acceptors (Lipinski definition) is 3. The molecule has 0 aliphatic heterocycles. The van der Waals surface area contributed by atoms with Crippen molar-refractivity contribution in [3.05, 3.63) is 52.9 Å². The van der Waals surface area contributed by atoms with Crippen LogP contribution < -0.4 is 5.32 Å². The third-order valence-electron chi connectivity index (χ3n) is 2.79. The molecule has 2 rings (SSSR count). The number of carbonyl (C=O) groups is 2. The Hall–Kier alpha value is -2.47. The molecule has 0 saturated carbocycles. The van der Waals surface area contributed by atoms with Gasteiger partial charge in [0.05, 0.1) is 29.7 Å². The number of hydrogen-bond donors (Lipinski definition) is 2. The molecule has 2 N–H and O–H groups in total. The zero-order chi connectivity index (χ0) is 15.4. The molecule has 110 valence electrons. The minimum Gasteiger partial charge on any atom is -0.478 e. The molecule has 2 aromatic rings. The van der Waals surface area contributed by atoms with E-state index in [1.54, 1.807) is 25.4 Å². The monoisotopic (exact) mass is 308 g/mol. The fraction of sp³-hybridized carbons (Fsp3) is 0.143. The summed E-state index contributed by atoms with van der Waals surface area (Å²) in [5.74, 6) is -1.15. The number of carboxylic acid groups (broad SMARTS) is 1. The van der Waals surface area contributed by atoms with Gasteiger partial charge >= 0.3 is 12.0 Å². The standard InChI is InChI=1S/C14H13ClN2O4/c1-17(7-9-4-5-21-8-9)14(20)16-10-2-3-12(15)11(6-10)13(18)19/h2-6,8H,7H2,1H3,(H,16,20)(H,18,19). The first-order valence-electron chi connectivity index (χ1n) is 6.03. The summed E-state index contributed by atoms with van der Waals surface area (Å²) in [6, 6.07) is 5.67. The molecule has 1 heterocycles. The second kappa shape index (κ2) is 6.32. The second-order valence-corrected chi connectivity index (χ2v) is 4.82. The SMILES string of the molecule is CN(Cc1ccoc1)C(=O)Nc1ccc(Cl)c(C(=O)O)c1. The quantitative estimate of drug-likeness (QED) is 0.908. The molecule has 0 bridgehead atoms. The fourth-order valence-electron chi connectivity index (χ4n) is 1.71. The number of amides is 2. The number of rotatable bonds is 4. The Morgan fingerprint density at radius 2 is 2.14 bits per heavy atom. The maximum Gasteiger partial charge on any atom is 0.337 e. The average molecular weight is 309 g/mol. The predicted octanol–water partition coefficient (Wildman–Crippen LogP) is 3.30. The molecule has 2 amide bonds. The van der Waals surface area contributed by atoms with Crippen LogP contribution in [0.4, 0.5) is 10.5 Å². The van der Waals surface area contributed by atoms with E-state index in [1.807, 2.05) is 0 Å². The highest BCUT2D eigenvalue weighted by molar-refractivity contribution is 6.33. The molecule has 0 unspecified atom stereocenters. The zero-order valence-electron chi connectivity index (χ0n) is 11.2. The normalized spacial score (nSPS) is 10.2. The third-order valence-corrected chi connectivity index (χ3v) is 3.12. The van der Waals surface area contributed by atoms with E-state index in [1.165, 1.54) is 23.3 Å². The lowest BCUT2D eigenvalue weighted by atomic mass is 10.2. The van der Waals surface area contributed by atoms with Crippen molar-refractivity contribution in [1.29, 1.82) is 0 Å². The van der Waals surface area contributed by atoms with Crippen molar-refractivity contribution < 1.29 is 19.1 Å². The Morgan fingerprint density at radius 1 is 1.38 bits per heavy atom. The van der Waals surface area contributed by atoms with Gasteiger partial charge in [-0.25, -0.2) is 9.59 Å². The fourth-order valence-corrected chi connectivity index (χ4v) is 1.91. The summed E-state index contributed by atoms with van der Waals surface area (Å²) in [4.78, 5) is 24.4. The zero-order valence-corrected chi connectivity index (χ0v) is 11.9. The number of halogens is 1. The summed E-state index contributed by atoms with van der Waals surface area (Å²) in [7, 11) is 1.62. The van der Waals surface area contributed by atoms with E-state index in [0.717, 1.165) is 5.56 Å². The Kier molecular flexibility index (Phi) is 4.49. The lowest BCUT2D eigenvalue weighted by molar-refractivity contribution is 0.0697. The van der Waals surface area contributed by atoms with E-state index >= 15 is 0 Å². The van der Waals surface area contributed by atoms with Crippen LogP contribution in [0.25, 0.3) is 0 Å². The predicted molar refractivity (Wildman–Crippen MR) is 77.6 cm³/mol. The lowest BCUT2D eigenvalue weighted by Gasteiger charge is -2.17. The van der Waals surface area contributed by atoms with Gasteiger partial charge in [-0.05, 0) is 24.3 Å². The van der Waals surface area contributed by atoms with Crippen LogP contribution in [0.3, 0.4) is 0 Å². The minimum absolute atomic E-state index is 0.0630. The highest BCUT2D eigenvalue weighted by atomic mass is 35.5. The van der Waals surface area contributed by atoms with E-state index in [-0.39, 0.29) is 16.6 Å². The number of carbonyl (C=O) groups excluding carboxylic acids is 1. The van der Waals surface area contributed by atoms with Crippen molar-refractivity contribution in [3.63, 3.8) is 0 Å². The molecule has 0 radical (unpaired) electrons. The number of urea groups is 1. The van der Waals surface area contributed by atoms with Crippen LogP contribution in [-0.4, -0.2) is 29.1 Å². The van der Waals surface area contributed by atoms with E-state index in [2.05, 4.69) is 5.32 Å². The smallest absolute Gasteiger partial charge is 0.337 e. The summed E-state index contributed by atoms with van der Waals surface area (Å²) < 4.78 is 4.93. The van der Waals surface area contributed by atoms with Gasteiger partial charge in [-0.3, -0.25) is 0 Å². The van der Waals surface area contributed by atoms with Crippen molar-refractivity contribution in [2.24, 2.45) is 0 Å². The Balaban J connectivity index is 2.05. The number of furan rings is 1. The summed E-state index contributed by atoms with van der Waals surface area (Å²) in [6.45, 7) is 0.377. The summed E-state index contributed by atoms with van der Waals surface area (Å²) in [5, 5.41) is 11.7. The third kappa shape index (κ3) is 3.76. The van der Waals surface area contributed by atoms with Crippen LogP contribution in [0, 0.1) is 0 Å². The lowest BCUT2D eigenvalue weighted by Crippen LogP contribution is -2.30. The summed E-state index contributed by atoms with van der Waals surface area (Å²) in [6.07, 6.45) is 3.08. The van der Waals surface area contributed by atoms with E-state index in [9.17, 15) is 9.59 Å². The van der Waals surface area contributed by atoms with Gasteiger partial charge in [0.2, 0.25) is 0 Å². The number of nitrogens with zero attached hydrogens (tertiary/aromatic N) is 1. The van der Waals surface area contributed by atoms with E-state index in [4.69, 9.17) is 21.1 Å². The first-order valence-corrected chi connectivity index (χ1v) is 6.41. The van der Waals surface area contributed by atoms with Crippen molar-refractivity contribution in [3.8, 4) is 0 Å². The first kappa shape index (κ1) is 14.9. The molecular weight excluding hydrogens is 296 g/mol. The molecule has 1 aromatic carbocycles. The number of anilines is 1. The molecule has 0 fully saturated rings. The van der Waals surface area contributed by atoms with Crippen molar-refractivity contribution >= 4 is 29.3 Å². The van der Waals surface area contributed by atoms with Crippen molar-refractivity contribution in [2.75, 3.05) is 12.4 Å². The van der Waals surface area contributed by atoms with Gasteiger partial charge in [0.1, 0.15) is 0 Å². The largest absolute Gasteiger partial charge is 0.478 e. The number of carboxylic acids is 1. The van der Waals surface area contributed by atoms with Crippen LogP contribution >= 0.6 is 11.6 Å². The Morgan fingerprint density at radius 3 is 2.76 bits per heavy atom. The van der Waals surface area contributed by atoms with Gasteiger partial charge in [-0.2, -0.15) is 0 Å². The van der Waals surface area contributed by atoms with Gasteiger partial charge in [-0.1, -0.05) is 11.6 Å². The molecule has 1 aromatic heterocycles. The van der Waals surface area contributed by atoms with Gasteiger partial charge < -0.3 is 19.7 Å². The van der Waals surface area contributed by atoms with Crippen molar-refractivity contribution in [2.45, 2.75) is 6.54 Å². The molecular formula is C14H13ClN2O4. The van der Waals surface area contributed by atoms with Gasteiger partial charge in [0, 0.05) is 18.3 Å². The van der Waals surface area contributed by atoms with Crippen LogP contribution in [0.1, 0.15) is 15.9 Å². The molecule has 0 saturated heterocycles. The van der Waals surface area contributed by atoms with Gasteiger partial charge in [0.25, 0.3) is 0 Å². The summed E-state index contributed by atoms with van der Waals surface area (Å²) >= 11 is 5.77. The Labute approximate surface area is 125 Å². The molecule has 0 aliphatic carbocycles. The molecule has 6 nitrogen and oxygen atoms in total. The average Bonchev–Trinajstić information content (AvgIpc) is 2.93. The highest BCUT2D eigenvalue weighted by Crippen LogP contribution is 2.21. The Bertz CT molecular complexity index is 655. The highest BCUT2D eigenvalue weighted by Gasteiger charge is 2.13. The van der Waals surface area contributed by atoms with Crippen LogP contribution in [0.15, 0.2) is 41.2 Å². The molecule has 0 spiro atoms. The molecule has 0 atom stereocenters. The van der Waals surface area contributed by atoms with Crippen molar-refractivity contribution in [1.82, 2.24) is 4.90 Å². The van der Waals surface area contributed by atoms with Gasteiger partial charge in [0.15, 0.2) is 0 Å². The molecule has 0 aliphatic rings. The topological polar surface area (TPSA) is 82.8 Å². The maximum absolute atomic E-state index is 12.0. The minimum atomic E-state index is -1.15. The van der Waals surface area contributed by atoms with Crippen LogP contribution in [0.5, 0.6) is 0 Å². The van der Waals surface area contributed by atoms with Gasteiger partial charge in [-0.15, -0.1) is 0 Å². The second-order valence-electron chi connectivity index (χ2n) is 4.42. The number of nitrogens with one attached hydrogen (secondary N) is 1. The maximum atomic E-state index is 12.0. The number of aromatic carboxylic acids is 1. The van der Waals surface area contributed by atoms with E-state index < -0.39 is 5.97 Å². The molecule has 21 heavy (non-hydrogen) atoms. The van der Waals surface area contributed by atoms with Crippen LogP contribution in [-0.2, 0) is 6.54 Å².